The average molecular weight is 332 g/mol. The summed E-state index contributed by atoms with van der Waals surface area (Å²) < 4.78 is 11.5. The number of carbonyl (C=O) groups excluding carboxylic acids is 1. The molecule has 1 aromatic carbocycles. The van der Waals surface area contributed by atoms with Crippen LogP contribution in [0.2, 0.25) is 0 Å². The number of nitrogens with one attached hydrogen (secondary N) is 1. The Morgan fingerprint density at radius 3 is 2.83 bits per heavy atom. The third-order valence-electron chi connectivity index (χ3n) is 3.99. The van der Waals surface area contributed by atoms with E-state index in [2.05, 4.69) is 5.32 Å². The zero-order valence-corrected chi connectivity index (χ0v) is 14.6. The fourth-order valence-corrected chi connectivity index (χ4v) is 2.71. The van der Waals surface area contributed by atoms with Gasteiger partial charge in [0.05, 0.1) is 12.6 Å². The van der Waals surface area contributed by atoms with Gasteiger partial charge >= 0.3 is 0 Å². The van der Waals surface area contributed by atoms with Crippen LogP contribution < -0.4 is 15.8 Å². The molecule has 0 aliphatic rings. The predicted molar refractivity (Wildman–Crippen MR) is 96.1 cm³/mol. The summed E-state index contributed by atoms with van der Waals surface area (Å²) in [5, 5.41) is 3.99. The van der Waals surface area contributed by atoms with Gasteiger partial charge in [0.2, 0.25) is 5.91 Å². The highest BCUT2D eigenvalue weighted by Crippen LogP contribution is 2.31. The first-order chi connectivity index (χ1) is 11.7. The molecule has 0 bridgehead atoms. The van der Waals surface area contributed by atoms with Gasteiger partial charge in [0.1, 0.15) is 5.76 Å². The quantitative estimate of drug-likeness (QED) is 0.647. The van der Waals surface area contributed by atoms with Gasteiger partial charge in [-0.15, -0.1) is 0 Å². The summed E-state index contributed by atoms with van der Waals surface area (Å²) in [6.07, 6.45) is 4.59. The van der Waals surface area contributed by atoms with Crippen LogP contribution in [0.1, 0.15) is 57.8 Å². The Morgan fingerprint density at radius 1 is 1.29 bits per heavy atom. The molecule has 2 aromatic rings. The van der Waals surface area contributed by atoms with E-state index in [-0.39, 0.29) is 11.9 Å². The minimum Gasteiger partial charge on any atom is -0.490 e. The van der Waals surface area contributed by atoms with Crippen LogP contribution in [0, 0.1) is 0 Å². The minimum atomic E-state index is -0.164. The zero-order valence-electron chi connectivity index (χ0n) is 14.6. The number of hydrogen-bond donors (Lipinski definition) is 2. The van der Waals surface area contributed by atoms with Crippen LogP contribution in [0.25, 0.3) is 11.0 Å². The highest BCUT2D eigenvalue weighted by molar-refractivity contribution is 5.84. The van der Waals surface area contributed by atoms with Gasteiger partial charge in [0.15, 0.2) is 11.3 Å². The number of ether oxygens (including phenoxy) is 1. The molecule has 132 valence electrons. The fraction of sp³-hybridized carbons (Fsp3) is 0.526. The number of furan rings is 1. The second-order valence-corrected chi connectivity index (χ2v) is 6.00. The Balaban J connectivity index is 1.92. The van der Waals surface area contributed by atoms with Crippen LogP contribution >= 0.6 is 0 Å². The normalized spacial score (nSPS) is 12.3. The molecule has 0 saturated carbocycles. The van der Waals surface area contributed by atoms with Crippen molar-refractivity contribution in [3.8, 4) is 5.75 Å². The van der Waals surface area contributed by atoms with E-state index in [1.54, 1.807) is 0 Å². The van der Waals surface area contributed by atoms with E-state index in [0.717, 1.165) is 54.7 Å². The average Bonchev–Trinajstić information content (AvgIpc) is 3.00. The number of benzene rings is 1. The van der Waals surface area contributed by atoms with E-state index in [9.17, 15) is 4.79 Å². The smallest absolute Gasteiger partial charge is 0.220 e. The standard InChI is InChI=1S/C19H28N2O3/c1-3-23-16-10-8-9-15-13-17(24-19(15)16)14(2)21-18(22)11-6-4-5-7-12-20/h8-10,13-14H,3-7,11-12,20H2,1-2H3,(H,21,22). The molecule has 0 radical (unpaired) electrons. The molecule has 5 heteroatoms. The number of fused-ring (bicyclic) bond motifs is 1. The van der Waals surface area contributed by atoms with Gasteiger partial charge < -0.3 is 20.2 Å². The monoisotopic (exact) mass is 332 g/mol. The molecular weight excluding hydrogens is 304 g/mol. The molecule has 1 unspecified atom stereocenters. The van der Waals surface area contributed by atoms with Gasteiger partial charge in [-0.1, -0.05) is 25.0 Å². The summed E-state index contributed by atoms with van der Waals surface area (Å²) in [6, 6.07) is 7.62. The van der Waals surface area contributed by atoms with E-state index >= 15 is 0 Å². The molecule has 1 heterocycles. The molecular formula is C19H28N2O3. The lowest BCUT2D eigenvalue weighted by molar-refractivity contribution is -0.121. The molecule has 0 spiro atoms. The maximum atomic E-state index is 12.0. The van der Waals surface area contributed by atoms with Crippen molar-refractivity contribution in [3.05, 3.63) is 30.0 Å². The Bertz CT molecular complexity index is 651. The van der Waals surface area contributed by atoms with E-state index in [1.165, 1.54) is 0 Å². The second kappa shape index (κ2) is 9.33. The third-order valence-corrected chi connectivity index (χ3v) is 3.99. The summed E-state index contributed by atoms with van der Waals surface area (Å²) in [5.41, 5.74) is 6.20. The van der Waals surface area contributed by atoms with E-state index < -0.39 is 0 Å². The number of para-hydroxylation sites is 1. The molecule has 1 aromatic heterocycles. The van der Waals surface area contributed by atoms with Crippen LogP contribution in [0.4, 0.5) is 0 Å². The minimum absolute atomic E-state index is 0.0562. The summed E-state index contributed by atoms with van der Waals surface area (Å²) in [7, 11) is 0. The maximum absolute atomic E-state index is 12.0. The fourth-order valence-electron chi connectivity index (χ4n) is 2.71. The number of nitrogens with two attached hydrogens (primary N) is 1. The molecule has 5 nitrogen and oxygen atoms in total. The number of hydrogen-bond acceptors (Lipinski definition) is 4. The van der Waals surface area contributed by atoms with Crippen LogP contribution in [-0.4, -0.2) is 19.1 Å². The molecule has 1 amide bonds. The summed E-state index contributed by atoms with van der Waals surface area (Å²) in [5.74, 6) is 1.54. The lowest BCUT2D eigenvalue weighted by Gasteiger charge is -2.11. The van der Waals surface area contributed by atoms with Gasteiger partial charge in [-0.05, 0) is 45.4 Å². The lowest BCUT2D eigenvalue weighted by atomic mass is 10.1. The summed E-state index contributed by atoms with van der Waals surface area (Å²) >= 11 is 0. The predicted octanol–water partition coefficient (Wildman–Crippen LogP) is 3.92. The maximum Gasteiger partial charge on any atom is 0.220 e. The molecule has 0 fully saturated rings. The van der Waals surface area contributed by atoms with Crippen molar-refractivity contribution in [2.45, 2.75) is 52.0 Å². The van der Waals surface area contributed by atoms with Crippen molar-refractivity contribution < 1.29 is 13.9 Å². The number of carbonyl (C=O) groups is 1. The molecule has 24 heavy (non-hydrogen) atoms. The Kier molecular flexibility index (Phi) is 7.12. The zero-order chi connectivity index (χ0) is 17.4. The molecule has 3 N–H and O–H groups in total. The van der Waals surface area contributed by atoms with Crippen LogP contribution in [0.3, 0.4) is 0 Å². The first kappa shape index (κ1) is 18.3. The molecule has 2 rings (SSSR count). The van der Waals surface area contributed by atoms with Crippen molar-refractivity contribution in [1.82, 2.24) is 5.32 Å². The highest BCUT2D eigenvalue weighted by Gasteiger charge is 2.16. The Labute approximate surface area is 143 Å². The topological polar surface area (TPSA) is 77.5 Å². The van der Waals surface area contributed by atoms with Crippen LogP contribution in [-0.2, 0) is 4.79 Å². The van der Waals surface area contributed by atoms with Crippen molar-refractivity contribution in [1.29, 1.82) is 0 Å². The first-order valence-corrected chi connectivity index (χ1v) is 8.80. The highest BCUT2D eigenvalue weighted by atomic mass is 16.5. The first-order valence-electron chi connectivity index (χ1n) is 8.80. The number of unbranched alkanes of at least 4 members (excludes halogenated alkanes) is 3. The van der Waals surface area contributed by atoms with Crippen molar-refractivity contribution in [2.24, 2.45) is 5.73 Å². The van der Waals surface area contributed by atoms with Gasteiger partial charge in [-0.25, -0.2) is 0 Å². The SMILES string of the molecule is CCOc1cccc2cc(C(C)NC(=O)CCCCCCN)oc12. The largest absolute Gasteiger partial charge is 0.490 e. The lowest BCUT2D eigenvalue weighted by Crippen LogP contribution is -2.25. The van der Waals surface area contributed by atoms with Crippen LogP contribution in [0.15, 0.2) is 28.7 Å². The third kappa shape index (κ3) is 4.99. The molecule has 0 aliphatic carbocycles. The van der Waals surface area contributed by atoms with Gasteiger partial charge in [-0.2, -0.15) is 0 Å². The van der Waals surface area contributed by atoms with Crippen molar-refractivity contribution in [2.75, 3.05) is 13.2 Å². The van der Waals surface area contributed by atoms with Gasteiger partial charge in [-0.3, -0.25) is 4.79 Å². The Morgan fingerprint density at radius 2 is 2.08 bits per heavy atom. The summed E-state index contributed by atoms with van der Waals surface area (Å²) in [4.78, 5) is 12.0. The second-order valence-electron chi connectivity index (χ2n) is 6.00. The van der Waals surface area contributed by atoms with E-state index in [1.807, 2.05) is 38.1 Å². The number of amides is 1. The summed E-state index contributed by atoms with van der Waals surface area (Å²) in [6.45, 7) is 5.19. The van der Waals surface area contributed by atoms with Crippen molar-refractivity contribution >= 4 is 16.9 Å². The van der Waals surface area contributed by atoms with Crippen LogP contribution in [0.5, 0.6) is 5.75 Å². The molecule has 1 atom stereocenters. The van der Waals surface area contributed by atoms with E-state index in [0.29, 0.717) is 13.0 Å². The molecule has 0 aliphatic heterocycles. The van der Waals surface area contributed by atoms with Gasteiger partial charge in [0.25, 0.3) is 0 Å². The van der Waals surface area contributed by atoms with Gasteiger partial charge in [0, 0.05) is 11.8 Å². The van der Waals surface area contributed by atoms with Crippen molar-refractivity contribution in [3.63, 3.8) is 0 Å². The Hall–Kier alpha value is -2.01. The number of rotatable bonds is 10. The van der Waals surface area contributed by atoms with E-state index in [4.69, 9.17) is 14.9 Å². The molecule has 0 saturated heterocycles.